The fourth-order valence-electron chi connectivity index (χ4n) is 1.62. The predicted octanol–water partition coefficient (Wildman–Crippen LogP) is -3.60. The Morgan fingerprint density at radius 2 is 1.70 bits per heavy atom. The van der Waals surface area contributed by atoms with Crippen molar-refractivity contribution < 1.29 is 41.9 Å². The normalized spacial score (nSPS) is 9.75. The Hall–Kier alpha value is -0.841. The van der Waals surface area contributed by atoms with Gasteiger partial charge in [0.25, 0.3) is 0 Å². The van der Waals surface area contributed by atoms with Crippen LogP contribution in [0.5, 0.6) is 0 Å². The molecular weight excluding hydrogens is 356 g/mol. The van der Waals surface area contributed by atoms with Crippen LogP contribution in [0.25, 0.3) is 10.8 Å². The minimum Gasteiger partial charge on any atom is -1.00 e. The molecule has 20 heavy (non-hydrogen) atoms. The molecule has 0 aliphatic rings. The molecule has 0 heterocycles. The van der Waals surface area contributed by atoms with Gasteiger partial charge in [-0.1, -0.05) is 36.4 Å². The molecule has 0 atom stereocenters. The summed E-state index contributed by atoms with van der Waals surface area (Å²) in [6.07, 6.45) is 0. The van der Waals surface area contributed by atoms with Crippen molar-refractivity contribution in [2.75, 3.05) is 0 Å². The molecule has 0 saturated heterocycles. The summed E-state index contributed by atoms with van der Waals surface area (Å²) in [6, 6.07) is 14.4. The third-order valence-corrected chi connectivity index (χ3v) is 2.59. The molecule has 107 valence electrons. The molecule has 0 aliphatic heterocycles. The zero-order chi connectivity index (χ0) is 12.3. The average molecular weight is 369 g/mol. The van der Waals surface area contributed by atoms with E-state index in [-0.39, 0.29) is 47.0 Å². The van der Waals surface area contributed by atoms with E-state index < -0.39 is 0 Å². The Morgan fingerprint density at radius 1 is 1.10 bits per heavy atom. The smallest absolute Gasteiger partial charge is 1.00 e. The van der Waals surface area contributed by atoms with Gasteiger partial charge in [0.1, 0.15) is 0 Å². The van der Waals surface area contributed by atoms with E-state index in [1.54, 1.807) is 0 Å². The van der Waals surface area contributed by atoms with Crippen LogP contribution in [0.15, 0.2) is 47.6 Å². The fourth-order valence-corrected chi connectivity index (χ4v) is 1.66. The maximum Gasteiger partial charge on any atom is 2.00 e. The summed E-state index contributed by atoms with van der Waals surface area (Å²) in [5, 5.41) is 6.68. The van der Waals surface area contributed by atoms with E-state index in [4.69, 9.17) is 18.0 Å². The van der Waals surface area contributed by atoms with Crippen molar-refractivity contribution in [2.24, 2.45) is 10.8 Å². The van der Waals surface area contributed by atoms with E-state index in [9.17, 15) is 0 Å². The van der Waals surface area contributed by atoms with Gasteiger partial charge in [-0.3, -0.25) is 5.43 Å². The van der Waals surface area contributed by atoms with Gasteiger partial charge in [0.15, 0.2) is 5.11 Å². The number of rotatable bonds is 2. The number of hydrogen-bond donors (Lipinski definition) is 2. The first-order valence-electron chi connectivity index (χ1n) is 5.26. The van der Waals surface area contributed by atoms with Gasteiger partial charge in [-0.2, -0.15) is 5.10 Å². The second kappa shape index (κ2) is 9.97. The summed E-state index contributed by atoms with van der Waals surface area (Å²) in [5.41, 5.74) is 9.81. The van der Waals surface area contributed by atoms with Crippen LogP contribution >= 0.6 is 12.2 Å². The van der Waals surface area contributed by atoms with Crippen LogP contribution in [0.1, 0.15) is 12.5 Å². The van der Waals surface area contributed by atoms with Crippen molar-refractivity contribution in [3.8, 4) is 0 Å². The first-order chi connectivity index (χ1) is 8.16. The number of benzene rings is 2. The number of nitrogens with one attached hydrogen (secondary N) is 1. The van der Waals surface area contributed by atoms with Crippen LogP contribution in [0.4, 0.5) is 0 Å². The Kier molecular flexibility index (Phi) is 10.7. The number of thiocarbonyl (C=S) groups is 1. The summed E-state index contributed by atoms with van der Waals surface area (Å²) in [6.45, 7) is 1.91. The topological polar surface area (TPSA) is 50.4 Å². The van der Waals surface area contributed by atoms with E-state index in [1.165, 1.54) is 10.8 Å². The number of nitrogens with zero attached hydrogens (tertiary/aromatic N) is 1. The summed E-state index contributed by atoms with van der Waals surface area (Å²) < 4.78 is 0. The molecule has 0 unspecified atom stereocenters. The SMILES string of the molecule is C/C(=N\NC(N)=S)c1ccc2ccccc2c1.[Cl-].[Cl-].[Mn+2]. The van der Waals surface area contributed by atoms with Gasteiger partial charge in [-0.25, -0.2) is 0 Å². The minimum absolute atomic E-state index is 0. The van der Waals surface area contributed by atoms with Gasteiger partial charge in [-0.05, 0) is 41.5 Å². The van der Waals surface area contributed by atoms with E-state index in [1.807, 2.05) is 25.1 Å². The molecule has 0 fully saturated rings. The molecule has 2 rings (SSSR count). The van der Waals surface area contributed by atoms with Gasteiger partial charge >= 0.3 is 17.1 Å². The molecule has 1 radical (unpaired) electrons. The molecule has 3 N–H and O–H groups in total. The van der Waals surface area contributed by atoms with E-state index in [0.29, 0.717) is 0 Å². The van der Waals surface area contributed by atoms with Crippen molar-refractivity contribution >= 4 is 33.8 Å². The molecule has 7 heteroatoms. The second-order valence-electron chi connectivity index (χ2n) is 3.74. The van der Waals surface area contributed by atoms with E-state index in [2.05, 4.69) is 34.8 Å². The van der Waals surface area contributed by atoms with Crippen LogP contribution in [0.3, 0.4) is 0 Å². The van der Waals surface area contributed by atoms with Crippen molar-refractivity contribution in [3.05, 3.63) is 48.0 Å². The Morgan fingerprint density at radius 3 is 2.30 bits per heavy atom. The number of fused-ring (bicyclic) bond motifs is 1. The van der Waals surface area contributed by atoms with Crippen LogP contribution in [-0.4, -0.2) is 10.8 Å². The van der Waals surface area contributed by atoms with Gasteiger partial charge in [0, 0.05) is 0 Å². The maximum atomic E-state index is 5.32. The third kappa shape index (κ3) is 5.65. The molecule has 0 amide bonds. The first kappa shape index (κ1) is 21.5. The Labute approximate surface area is 146 Å². The summed E-state index contributed by atoms with van der Waals surface area (Å²) >= 11 is 4.70. The quantitative estimate of drug-likeness (QED) is 0.249. The molecule has 0 spiro atoms. The third-order valence-electron chi connectivity index (χ3n) is 2.50. The van der Waals surface area contributed by atoms with Crippen LogP contribution in [-0.2, 0) is 17.1 Å². The second-order valence-corrected chi connectivity index (χ2v) is 4.18. The summed E-state index contributed by atoms with van der Waals surface area (Å²) in [5.74, 6) is 0. The Bertz CT molecular complexity index is 605. The molecular formula is C13H13Cl2MnN3S. The van der Waals surface area contributed by atoms with Crippen molar-refractivity contribution in [2.45, 2.75) is 6.92 Å². The number of hydrazone groups is 1. The van der Waals surface area contributed by atoms with Crippen molar-refractivity contribution in [1.29, 1.82) is 0 Å². The molecule has 0 aromatic heterocycles. The molecule has 2 aromatic rings. The van der Waals surface area contributed by atoms with Crippen LogP contribution in [0, 0.1) is 0 Å². The van der Waals surface area contributed by atoms with Gasteiger partial charge in [0.05, 0.1) is 5.71 Å². The molecule has 0 saturated carbocycles. The first-order valence-corrected chi connectivity index (χ1v) is 5.66. The number of halogens is 2. The molecule has 3 nitrogen and oxygen atoms in total. The van der Waals surface area contributed by atoms with Crippen LogP contribution in [0.2, 0.25) is 0 Å². The average Bonchev–Trinajstić information content (AvgIpc) is 2.35. The standard InChI is InChI=1S/C13H13N3S.2ClH.Mn/c1-9(15-16-13(14)17)11-7-6-10-4-2-3-5-12(10)8-11;;;/h2-8H,1H3,(H3,14,16,17);2*1H;/q;;;+2/p-2/b15-9+;;;. The van der Waals surface area contributed by atoms with Crippen molar-refractivity contribution in [1.82, 2.24) is 5.43 Å². The van der Waals surface area contributed by atoms with E-state index >= 15 is 0 Å². The van der Waals surface area contributed by atoms with Gasteiger partial charge in [0.2, 0.25) is 0 Å². The van der Waals surface area contributed by atoms with Crippen LogP contribution < -0.4 is 36.0 Å². The van der Waals surface area contributed by atoms with Gasteiger partial charge < -0.3 is 30.5 Å². The molecule has 0 aliphatic carbocycles. The fraction of sp³-hybridized carbons (Fsp3) is 0.0769. The zero-order valence-electron chi connectivity index (χ0n) is 10.6. The largest absolute Gasteiger partial charge is 2.00 e. The summed E-state index contributed by atoms with van der Waals surface area (Å²) in [4.78, 5) is 0. The minimum atomic E-state index is 0. The zero-order valence-corrected chi connectivity index (χ0v) is 14.1. The summed E-state index contributed by atoms with van der Waals surface area (Å²) in [7, 11) is 0. The number of nitrogens with two attached hydrogens (primary N) is 1. The Balaban J connectivity index is 0. The van der Waals surface area contributed by atoms with E-state index in [0.717, 1.165) is 11.3 Å². The number of hydrogen-bond acceptors (Lipinski definition) is 2. The van der Waals surface area contributed by atoms with Gasteiger partial charge in [-0.15, -0.1) is 0 Å². The molecule has 2 aromatic carbocycles. The predicted molar refractivity (Wildman–Crippen MR) is 76.1 cm³/mol. The van der Waals surface area contributed by atoms with Crippen molar-refractivity contribution in [3.63, 3.8) is 0 Å². The monoisotopic (exact) mass is 368 g/mol. The maximum absolute atomic E-state index is 5.32. The molecule has 0 bridgehead atoms.